The zero-order chi connectivity index (χ0) is 23.6. The fraction of sp³-hybridized carbons (Fsp3) is 0.391. The van der Waals surface area contributed by atoms with E-state index in [2.05, 4.69) is 15.6 Å². The average molecular weight is 480 g/mol. The highest BCUT2D eigenvalue weighted by molar-refractivity contribution is 7.09. The van der Waals surface area contributed by atoms with Crippen LogP contribution in [0.3, 0.4) is 0 Å². The van der Waals surface area contributed by atoms with Gasteiger partial charge in [0.05, 0.1) is 30.8 Å². The van der Waals surface area contributed by atoms with Crippen molar-refractivity contribution < 1.29 is 27.4 Å². The highest BCUT2D eigenvalue weighted by atomic mass is 32.1. The van der Waals surface area contributed by atoms with Gasteiger partial charge in [0.25, 0.3) is 5.91 Å². The molecular weight excluding hydrogens is 455 g/mol. The molecule has 1 fully saturated rings. The van der Waals surface area contributed by atoms with Crippen molar-refractivity contribution in [3.8, 4) is 5.88 Å². The topological polar surface area (TPSA) is 56.6 Å². The Morgan fingerprint density at radius 2 is 2.12 bits per heavy atom. The van der Waals surface area contributed by atoms with Crippen molar-refractivity contribution in [2.24, 2.45) is 0 Å². The maximum atomic E-state index is 13.2. The standard InChI is InChI=1S/C23H24F3N3O3S/c1-15-10-20(16(2)29(15)13-19-4-3-9-33-19)22(30)28-7-8-31-18(12-28)14-32-21-6-5-17(11-27-21)23(24,25)26/h3-6,9-11,18H,7-8,12-14H2,1-2H3. The second-order valence-corrected chi connectivity index (χ2v) is 8.92. The van der Waals surface area contributed by atoms with Crippen LogP contribution in [0.25, 0.3) is 0 Å². The number of nitrogens with zero attached hydrogens (tertiary/aromatic N) is 3. The van der Waals surface area contributed by atoms with Crippen LogP contribution in [0.5, 0.6) is 5.88 Å². The fourth-order valence-electron chi connectivity index (χ4n) is 3.81. The molecule has 0 spiro atoms. The number of carbonyl (C=O) groups excluding carboxylic acids is 1. The molecule has 0 N–H and O–H groups in total. The van der Waals surface area contributed by atoms with E-state index in [0.717, 1.165) is 30.2 Å². The van der Waals surface area contributed by atoms with Gasteiger partial charge < -0.3 is 18.9 Å². The van der Waals surface area contributed by atoms with Gasteiger partial charge in [-0.1, -0.05) is 6.07 Å². The Morgan fingerprint density at radius 1 is 1.30 bits per heavy atom. The highest BCUT2D eigenvalue weighted by Gasteiger charge is 2.31. The van der Waals surface area contributed by atoms with Crippen molar-refractivity contribution in [1.82, 2.24) is 14.5 Å². The molecule has 0 saturated carbocycles. The Hall–Kier alpha value is -2.85. The van der Waals surface area contributed by atoms with Gasteiger partial charge in [-0.05, 0) is 37.4 Å². The van der Waals surface area contributed by atoms with Gasteiger partial charge in [-0.25, -0.2) is 4.98 Å². The SMILES string of the molecule is Cc1cc(C(=O)N2CCOC(COc3ccc(C(F)(F)F)cn3)C2)c(C)n1Cc1cccs1. The first-order valence-electron chi connectivity index (χ1n) is 10.5. The summed E-state index contributed by atoms with van der Waals surface area (Å²) in [4.78, 5) is 19.9. The Labute approximate surface area is 193 Å². The summed E-state index contributed by atoms with van der Waals surface area (Å²) in [5.74, 6) is 0.00802. The summed E-state index contributed by atoms with van der Waals surface area (Å²) in [7, 11) is 0. The molecule has 33 heavy (non-hydrogen) atoms. The largest absolute Gasteiger partial charge is 0.475 e. The second-order valence-electron chi connectivity index (χ2n) is 7.89. The summed E-state index contributed by atoms with van der Waals surface area (Å²) < 4.78 is 51.3. The lowest BCUT2D eigenvalue weighted by atomic mass is 10.2. The van der Waals surface area contributed by atoms with Gasteiger partial charge in [-0.3, -0.25) is 4.79 Å². The summed E-state index contributed by atoms with van der Waals surface area (Å²) >= 11 is 1.68. The quantitative estimate of drug-likeness (QED) is 0.521. The molecule has 176 valence electrons. The zero-order valence-electron chi connectivity index (χ0n) is 18.3. The van der Waals surface area contributed by atoms with Crippen LogP contribution in [0, 0.1) is 13.8 Å². The lowest BCUT2D eigenvalue weighted by Gasteiger charge is -2.32. The van der Waals surface area contributed by atoms with Gasteiger partial charge >= 0.3 is 6.18 Å². The minimum absolute atomic E-state index is 0.0681. The molecule has 0 bridgehead atoms. The molecule has 3 aromatic rings. The van der Waals surface area contributed by atoms with Crippen molar-refractivity contribution in [3.63, 3.8) is 0 Å². The molecule has 6 nitrogen and oxygen atoms in total. The van der Waals surface area contributed by atoms with Gasteiger partial charge in [0.2, 0.25) is 5.88 Å². The monoisotopic (exact) mass is 479 g/mol. The predicted octanol–water partition coefficient (Wildman–Crippen LogP) is 4.55. The Morgan fingerprint density at radius 3 is 2.79 bits per heavy atom. The Balaban J connectivity index is 1.38. The molecule has 0 aliphatic carbocycles. The molecule has 1 aliphatic heterocycles. The summed E-state index contributed by atoms with van der Waals surface area (Å²) in [6, 6.07) is 8.10. The first kappa shape index (κ1) is 23.3. The van der Waals surface area contributed by atoms with Crippen LogP contribution in [0.1, 0.15) is 32.2 Å². The third-order valence-electron chi connectivity index (χ3n) is 5.60. The molecule has 4 heterocycles. The molecule has 1 saturated heterocycles. The van der Waals surface area contributed by atoms with Crippen LogP contribution in [0.15, 0.2) is 41.9 Å². The number of hydrogen-bond donors (Lipinski definition) is 0. The summed E-state index contributed by atoms with van der Waals surface area (Å²) in [5.41, 5.74) is 1.76. The van der Waals surface area contributed by atoms with Crippen LogP contribution in [0.2, 0.25) is 0 Å². The van der Waals surface area contributed by atoms with Crippen molar-refractivity contribution in [3.05, 3.63) is 69.3 Å². The van der Waals surface area contributed by atoms with E-state index < -0.39 is 17.8 Å². The van der Waals surface area contributed by atoms with Crippen LogP contribution >= 0.6 is 11.3 Å². The Bertz CT molecular complexity index is 1090. The number of halogens is 3. The smallest absolute Gasteiger partial charge is 0.417 e. The zero-order valence-corrected chi connectivity index (χ0v) is 19.1. The van der Waals surface area contributed by atoms with Crippen LogP contribution in [-0.4, -0.2) is 52.8 Å². The molecule has 1 unspecified atom stereocenters. The minimum atomic E-state index is -4.45. The number of hydrogen-bond acceptors (Lipinski definition) is 5. The summed E-state index contributed by atoms with van der Waals surface area (Å²) in [5, 5.41) is 2.03. The molecule has 0 radical (unpaired) electrons. The summed E-state index contributed by atoms with van der Waals surface area (Å²) in [6.07, 6.45) is -4.11. The second kappa shape index (κ2) is 9.56. The maximum Gasteiger partial charge on any atom is 0.417 e. The van der Waals surface area contributed by atoms with E-state index in [1.54, 1.807) is 16.2 Å². The molecule has 4 rings (SSSR count). The molecule has 10 heteroatoms. The van der Waals surface area contributed by atoms with Gasteiger partial charge in [0.1, 0.15) is 12.7 Å². The van der Waals surface area contributed by atoms with Gasteiger partial charge in [0.15, 0.2) is 0 Å². The number of alkyl halides is 3. The molecule has 1 aliphatic rings. The van der Waals surface area contributed by atoms with Gasteiger partial charge in [-0.15, -0.1) is 11.3 Å². The fourth-order valence-corrected chi connectivity index (χ4v) is 4.50. The summed E-state index contributed by atoms with van der Waals surface area (Å²) in [6.45, 7) is 5.89. The van der Waals surface area contributed by atoms with E-state index in [1.807, 2.05) is 31.4 Å². The first-order chi connectivity index (χ1) is 15.7. The van der Waals surface area contributed by atoms with Crippen molar-refractivity contribution >= 4 is 17.2 Å². The van der Waals surface area contributed by atoms with E-state index in [-0.39, 0.29) is 18.4 Å². The molecular formula is C23H24F3N3O3S. The van der Waals surface area contributed by atoms with E-state index >= 15 is 0 Å². The van der Waals surface area contributed by atoms with Crippen molar-refractivity contribution in [2.75, 3.05) is 26.3 Å². The highest BCUT2D eigenvalue weighted by Crippen LogP contribution is 2.29. The van der Waals surface area contributed by atoms with E-state index in [0.29, 0.717) is 25.3 Å². The van der Waals surface area contributed by atoms with Gasteiger partial charge in [-0.2, -0.15) is 13.2 Å². The lowest BCUT2D eigenvalue weighted by molar-refractivity contribution is -0.137. The molecule has 1 atom stereocenters. The van der Waals surface area contributed by atoms with Crippen LogP contribution in [0.4, 0.5) is 13.2 Å². The number of morpholine rings is 1. The Kier molecular flexibility index (Phi) is 6.76. The molecule has 1 amide bonds. The van der Waals surface area contributed by atoms with Crippen LogP contribution < -0.4 is 4.74 Å². The number of aromatic nitrogens is 2. The predicted molar refractivity (Wildman–Crippen MR) is 118 cm³/mol. The van der Waals surface area contributed by atoms with Gasteiger partial charge in [0, 0.05) is 35.1 Å². The van der Waals surface area contributed by atoms with Crippen molar-refractivity contribution in [1.29, 1.82) is 0 Å². The third-order valence-corrected chi connectivity index (χ3v) is 6.47. The van der Waals surface area contributed by atoms with Crippen molar-refractivity contribution in [2.45, 2.75) is 32.7 Å². The van der Waals surface area contributed by atoms with E-state index in [9.17, 15) is 18.0 Å². The number of amides is 1. The average Bonchev–Trinajstić information content (AvgIpc) is 3.41. The first-order valence-corrected chi connectivity index (χ1v) is 11.4. The number of carbonyl (C=O) groups is 1. The minimum Gasteiger partial charge on any atom is -0.475 e. The maximum absolute atomic E-state index is 13.2. The number of thiophene rings is 1. The normalized spacial score (nSPS) is 16.8. The van der Waals surface area contributed by atoms with E-state index in [1.165, 1.54) is 10.9 Å². The third kappa shape index (κ3) is 5.39. The lowest BCUT2D eigenvalue weighted by Crippen LogP contribution is -2.47. The number of aryl methyl sites for hydroxylation is 1. The number of pyridine rings is 1. The molecule has 0 aromatic carbocycles. The number of ether oxygens (including phenoxy) is 2. The number of rotatable bonds is 6. The molecule has 3 aromatic heterocycles. The van der Waals surface area contributed by atoms with Crippen LogP contribution in [-0.2, 0) is 17.5 Å². The van der Waals surface area contributed by atoms with E-state index in [4.69, 9.17) is 9.47 Å².